The molecule has 0 aliphatic carbocycles. The first kappa shape index (κ1) is 25.5. The Morgan fingerprint density at radius 3 is 2.23 bits per heavy atom. The topological polar surface area (TPSA) is 38.8 Å². The van der Waals surface area contributed by atoms with Crippen LogP contribution in [-0.4, -0.2) is 31.5 Å². The average molecular weight is 446 g/mol. The van der Waals surface area contributed by atoms with Crippen LogP contribution in [0.1, 0.15) is 81.2 Å². The number of fused-ring (bicyclic) bond motifs is 1. The SMILES string of the molecule is CC1=CC(C)(C)N(C(C)CC(=O)OC(C)(C)C)c2cc(O[Si](C)(C)C(C)(C)C)ccc21. The van der Waals surface area contributed by atoms with Crippen LogP contribution in [0.5, 0.6) is 5.75 Å². The summed E-state index contributed by atoms with van der Waals surface area (Å²) in [6.45, 7) is 25.7. The Morgan fingerprint density at radius 2 is 1.71 bits per heavy atom. The minimum atomic E-state index is -1.95. The highest BCUT2D eigenvalue weighted by Crippen LogP contribution is 2.44. The van der Waals surface area contributed by atoms with Crippen molar-refractivity contribution in [2.75, 3.05) is 4.90 Å². The molecule has 1 aromatic rings. The Kier molecular flexibility index (Phi) is 6.83. The lowest BCUT2D eigenvalue weighted by atomic mass is 9.87. The lowest BCUT2D eigenvalue weighted by Gasteiger charge is -2.47. The highest BCUT2D eigenvalue weighted by molar-refractivity contribution is 6.74. The van der Waals surface area contributed by atoms with Crippen LogP contribution in [0.15, 0.2) is 24.3 Å². The lowest BCUT2D eigenvalue weighted by molar-refractivity contribution is -0.155. The summed E-state index contributed by atoms with van der Waals surface area (Å²) in [5, 5.41) is 0.127. The number of hydrogen-bond acceptors (Lipinski definition) is 4. The van der Waals surface area contributed by atoms with Gasteiger partial charge >= 0.3 is 5.97 Å². The van der Waals surface area contributed by atoms with Gasteiger partial charge in [-0.05, 0) is 84.3 Å². The van der Waals surface area contributed by atoms with Gasteiger partial charge in [0.15, 0.2) is 0 Å². The number of anilines is 1. The van der Waals surface area contributed by atoms with Crippen molar-refractivity contribution in [3.05, 3.63) is 29.8 Å². The van der Waals surface area contributed by atoms with Gasteiger partial charge in [-0.2, -0.15) is 0 Å². The van der Waals surface area contributed by atoms with E-state index in [0.717, 1.165) is 11.4 Å². The van der Waals surface area contributed by atoms with Gasteiger partial charge < -0.3 is 14.1 Å². The van der Waals surface area contributed by atoms with E-state index in [9.17, 15) is 4.79 Å². The molecule has 4 nitrogen and oxygen atoms in total. The van der Waals surface area contributed by atoms with Gasteiger partial charge in [-0.25, -0.2) is 0 Å². The zero-order valence-electron chi connectivity index (χ0n) is 21.8. The largest absolute Gasteiger partial charge is 0.543 e. The molecule has 0 fully saturated rings. The van der Waals surface area contributed by atoms with Gasteiger partial charge in [-0.1, -0.05) is 26.8 Å². The van der Waals surface area contributed by atoms with Crippen molar-refractivity contribution in [1.29, 1.82) is 0 Å². The zero-order valence-corrected chi connectivity index (χ0v) is 22.8. The minimum absolute atomic E-state index is 0.0175. The van der Waals surface area contributed by atoms with Crippen LogP contribution >= 0.6 is 0 Å². The van der Waals surface area contributed by atoms with Gasteiger partial charge in [0.25, 0.3) is 0 Å². The van der Waals surface area contributed by atoms with E-state index in [2.05, 4.69) is 90.7 Å². The normalized spacial score (nSPS) is 17.5. The summed E-state index contributed by atoms with van der Waals surface area (Å²) < 4.78 is 12.2. The van der Waals surface area contributed by atoms with Gasteiger partial charge in [-0.15, -0.1) is 0 Å². The number of allylic oxidation sites excluding steroid dienone is 1. The molecule has 0 amide bonds. The smallest absolute Gasteiger partial charge is 0.308 e. The molecule has 1 aromatic carbocycles. The molecule has 0 bridgehead atoms. The first-order valence-electron chi connectivity index (χ1n) is 11.4. The number of nitrogens with zero attached hydrogens (tertiary/aromatic N) is 1. The van der Waals surface area contributed by atoms with Gasteiger partial charge in [0.2, 0.25) is 8.32 Å². The van der Waals surface area contributed by atoms with Crippen LogP contribution in [0.4, 0.5) is 5.69 Å². The summed E-state index contributed by atoms with van der Waals surface area (Å²) in [4.78, 5) is 14.9. The molecular weight excluding hydrogens is 402 g/mol. The molecule has 0 aromatic heterocycles. The Bertz CT molecular complexity index is 856. The highest BCUT2D eigenvalue weighted by Gasteiger charge is 2.40. The maximum absolute atomic E-state index is 12.6. The van der Waals surface area contributed by atoms with Crippen molar-refractivity contribution in [1.82, 2.24) is 0 Å². The van der Waals surface area contributed by atoms with E-state index in [-0.39, 0.29) is 22.6 Å². The molecule has 1 aliphatic rings. The Labute approximate surface area is 191 Å². The molecule has 0 spiro atoms. The zero-order chi connectivity index (χ0) is 24.0. The third kappa shape index (κ3) is 5.94. The molecule has 1 atom stereocenters. The third-order valence-corrected chi connectivity index (χ3v) is 10.7. The third-order valence-electron chi connectivity index (χ3n) is 6.35. The quantitative estimate of drug-likeness (QED) is 0.355. The Hall–Kier alpha value is -1.75. The summed E-state index contributed by atoms with van der Waals surface area (Å²) in [5.74, 6) is 0.739. The lowest BCUT2D eigenvalue weighted by Crippen LogP contribution is -2.51. The second-order valence-corrected chi connectivity index (χ2v) is 16.8. The molecule has 0 saturated heterocycles. The van der Waals surface area contributed by atoms with Crippen LogP contribution in [0.2, 0.25) is 18.1 Å². The Balaban J connectivity index is 2.44. The van der Waals surface area contributed by atoms with E-state index >= 15 is 0 Å². The number of esters is 1. The molecule has 2 rings (SSSR count). The van der Waals surface area contributed by atoms with E-state index in [1.807, 2.05) is 20.8 Å². The molecule has 174 valence electrons. The van der Waals surface area contributed by atoms with Crippen LogP contribution < -0.4 is 9.33 Å². The molecular formula is C26H43NO3Si. The summed E-state index contributed by atoms with van der Waals surface area (Å²) in [6.07, 6.45) is 2.62. The molecule has 1 heterocycles. The number of benzene rings is 1. The maximum atomic E-state index is 12.6. The monoisotopic (exact) mass is 445 g/mol. The summed E-state index contributed by atoms with van der Waals surface area (Å²) >= 11 is 0. The van der Waals surface area contributed by atoms with Gasteiger partial charge in [0, 0.05) is 23.4 Å². The molecule has 5 heteroatoms. The second kappa shape index (κ2) is 8.31. The number of carbonyl (C=O) groups is 1. The van der Waals surface area contributed by atoms with Crippen LogP contribution in [0.3, 0.4) is 0 Å². The summed E-state index contributed by atoms with van der Waals surface area (Å²) in [6, 6.07) is 6.40. The standard InChI is InChI=1S/C26H43NO3Si/c1-18-17-26(9,10)27(19(2)15-23(28)29-24(3,4)5)22-16-20(13-14-21(18)22)30-31(11,12)25(6,7)8/h13-14,16-17,19H,15H2,1-12H3. The maximum Gasteiger partial charge on any atom is 0.308 e. The highest BCUT2D eigenvalue weighted by atomic mass is 28.4. The van der Waals surface area contributed by atoms with Crippen LogP contribution in [0.25, 0.3) is 5.57 Å². The predicted molar refractivity (Wildman–Crippen MR) is 134 cm³/mol. The predicted octanol–water partition coefficient (Wildman–Crippen LogP) is 7.19. The number of rotatable bonds is 5. The van der Waals surface area contributed by atoms with Crippen molar-refractivity contribution in [2.45, 2.75) is 111 Å². The van der Waals surface area contributed by atoms with E-state index in [0.29, 0.717) is 6.42 Å². The molecule has 1 aliphatic heterocycles. The molecule has 1 unspecified atom stereocenters. The fourth-order valence-electron chi connectivity index (χ4n) is 4.06. The summed E-state index contributed by atoms with van der Waals surface area (Å²) in [5.41, 5.74) is 2.86. The van der Waals surface area contributed by atoms with Gasteiger partial charge in [0.1, 0.15) is 11.4 Å². The van der Waals surface area contributed by atoms with Crippen LogP contribution in [-0.2, 0) is 9.53 Å². The van der Waals surface area contributed by atoms with E-state index < -0.39 is 13.9 Å². The molecule has 31 heavy (non-hydrogen) atoms. The van der Waals surface area contributed by atoms with Crippen molar-refractivity contribution in [3.8, 4) is 5.75 Å². The van der Waals surface area contributed by atoms with E-state index in [4.69, 9.17) is 9.16 Å². The van der Waals surface area contributed by atoms with Gasteiger partial charge in [-0.3, -0.25) is 4.79 Å². The van der Waals surface area contributed by atoms with Crippen molar-refractivity contribution in [3.63, 3.8) is 0 Å². The first-order chi connectivity index (χ1) is 13.8. The van der Waals surface area contributed by atoms with Gasteiger partial charge in [0.05, 0.1) is 12.0 Å². The number of hydrogen-bond donors (Lipinski definition) is 0. The number of carbonyl (C=O) groups excluding carboxylic acids is 1. The fourth-order valence-corrected chi connectivity index (χ4v) is 5.09. The van der Waals surface area contributed by atoms with Crippen LogP contribution in [0, 0.1) is 0 Å². The first-order valence-corrected chi connectivity index (χ1v) is 14.3. The van der Waals surface area contributed by atoms with E-state index in [1.54, 1.807) is 0 Å². The average Bonchev–Trinajstić information content (AvgIpc) is 2.49. The Morgan fingerprint density at radius 1 is 1.13 bits per heavy atom. The minimum Gasteiger partial charge on any atom is -0.543 e. The second-order valence-electron chi connectivity index (χ2n) is 12.0. The van der Waals surface area contributed by atoms with Crippen molar-refractivity contribution in [2.24, 2.45) is 0 Å². The molecule has 0 radical (unpaired) electrons. The van der Waals surface area contributed by atoms with E-state index in [1.165, 1.54) is 11.1 Å². The fraction of sp³-hybridized carbons (Fsp3) is 0.654. The molecule has 0 saturated carbocycles. The van der Waals surface area contributed by atoms with Crippen molar-refractivity contribution >= 4 is 25.5 Å². The summed E-state index contributed by atoms with van der Waals surface area (Å²) in [7, 11) is -1.95. The molecule has 0 N–H and O–H groups in total. The van der Waals surface area contributed by atoms with Crippen molar-refractivity contribution < 1.29 is 14.0 Å². The number of ether oxygens (including phenoxy) is 1.